The van der Waals surface area contributed by atoms with Crippen LogP contribution >= 0.6 is 0 Å². The second-order valence-corrected chi connectivity index (χ2v) is 4.84. The summed E-state index contributed by atoms with van der Waals surface area (Å²) < 4.78 is 0. The first-order valence-electron chi connectivity index (χ1n) is 6.48. The van der Waals surface area contributed by atoms with E-state index in [-0.39, 0.29) is 18.0 Å². The van der Waals surface area contributed by atoms with Gasteiger partial charge in [0.05, 0.1) is 6.42 Å². The Morgan fingerprint density at radius 2 is 1.55 bits per heavy atom. The molecule has 2 aromatic carbocycles. The summed E-state index contributed by atoms with van der Waals surface area (Å²) in [7, 11) is 0. The largest absolute Gasteiger partial charge is 0.399 e. The molecule has 0 unspecified atom stereocenters. The maximum absolute atomic E-state index is 12.3. The summed E-state index contributed by atoms with van der Waals surface area (Å²) in [6.07, 6.45) is -0.117. The molecule has 102 valence electrons. The molecule has 0 aromatic heterocycles. The Labute approximate surface area is 118 Å². The van der Waals surface area contributed by atoms with Crippen molar-refractivity contribution in [1.82, 2.24) is 0 Å². The highest BCUT2D eigenvalue weighted by Gasteiger charge is 2.16. The van der Waals surface area contributed by atoms with Gasteiger partial charge in [-0.15, -0.1) is 0 Å². The molecule has 20 heavy (non-hydrogen) atoms. The summed E-state index contributed by atoms with van der Waals surface area (Å²) in [5, 5.41) is 0. The Hall–Kier alpha value is -2.42. The lowest BCUT2D eigenvalue weighted by Gasteiger charge is -2.10. The Morgan fingerprint density at radius 3 is 2.20 bits per heavy atom. The standard InChI is InChI=1S/C17H17NO2/c1-11-12(2)15(18)9-8-14(11)17(20)10-16(19)13-6-4-3-5-7-13/h3-9H,10,18H2,1-2H3. The predicted octanol–water partition coefficient (Wildman–Crippen LogP) is 3.34. The average molecular weight is 267 g/mol. The van der Waals surface area contributed by atoms with Crippen LogP contribution in [0.15, 0.2) is 42.5 Å². The van der Waals surface area contributed by atoms with E-state index in [0.29, 0.717) is 16.8 Å². The van der Waals surface area contributed by atoms with Gasteiger partial charge in [-0.05, 0) is 37.1 Å². The third-order valence-electron chi connectivity index (χ3n) is 3.55. The van der Waals surface area contributed by atoms with Crippen molar-refractivity contribution in [2.75, 3.05) is 5.73 Å². The molecule has 0 saturated heterocycles. The van der Waals surface area contributed by atoms with Gasteiger partial charge in [-0.3, -0.25) is 9.59 Å². The highest BCUT2D eigenvalue weighted by atomic mass is 16.1. The molecule has 0 bridgehead atoms. The quantitative estimate of drug-likeness (QED) is 0.525. The van der Waals surface area contributed by atoms with Crippen LogP contribution in [0.4, 0.5) is 5.69 Å². The molecule has 2 N–H and O–H groups in total. The summed E-state index contributed by atoms with van der Waals surface area (Å²) in [5.74, 6) is -0.330. The van der Waals surface area contributed by atoms with Gasteiger partial charge in [0.2, 0.25) is 0 Å². The van der Waals surface area contributed by atoms with E-state index in [1.165, 1.54) is 0 Å². The van der Waals surface area contributed by atoms with E-state index in [0.717, 1.165) is 11.1 Å². The lowest BCUT2D eigenvalue weighted by molar-refractivity contribution is 0.0894. The van der Waals surface area contributed by atoms with Gasteiger partial charge in [-0.2, -0.15) is 0 Å². The molecule has 2 aromatic rings. The summed E-state index contributed by atoms with van der Waals surface area (Å²) in [6, 6.07) is 12.3. The van der Waals surface area contributed by atoms with Gasteiger partial charge >= 0.3 is 0 Å². The van der Waals surface area contributed by atoms with Crippen molar-refractivity contribution >= 4 is 17.3 Å². The van der Waals surface area contributed by atoms with Gasteiger partial charge in [0, 0.05) is 16.8 Å². The molecular weight excluding hydrogens is 250 g/mol. The van der Waals surface area contributed by atoms with Gasteiger partial charge in [-0.1, -0.05) is 30.3 Å². The van der Waals surface area contributed by atoms with Crippen molar-refractivity contribution in [3.05, 3.63) is 64.7 Å². The van der Waals surface area contributed by atoms with E-state index in [1.54, 1.807) is 36.4 Å². The third kappa shape index (κ3) is 2.77. The van der Waals surface area contributed by atoms with Crippen LogP contribution in [0, 0.1) is 13.8 Å². The number of hydrogen-bond acceptors (Lipinski definition) is 3. The van der Waals surface area contributed by atoms with Crippen LogP contribution in [-0.4, -0.2) is 11.6 Å². The molecule has 3 nitrogen and oxygen atoms in total. The molecule has 2 rings (SSSR count). The second-order valence-electron chi connectivity index (χ2n) is 4.84. The molecule has 0 spiro atoms. The number of anilines is 1. The summed E-state index contributed by atoms with van der Waals surface area (Å²) in [5.41, 5.74) is 9.33. The number of hydrogen-bond donors (Lipinski definition) is 1. The summed E-state index contributed by atoms with van der Waals surface area (Å²) >= 11 is 0. The third-order valence-corrected chi connectivity index (χ3v) is 3.55. The molecule has 0 aliphatic heterocycles. The van der Waals surface area contributed by atoms with Crippen LogP contribution in [0.1, 0.15) is 38.3 Å². The zero-order chi connectivity index (χ0) is 14.7. The van der Waals surface area contributed by atoms with Gasteiger partial charge in [0.15, 0.2) is 11.6 Å². The van der Waals surface area contributed by atoms with E-state index in [9.17, 15) is 9.59 Å². The van der Waals surface area contributed by atoms with Gasteiger partial charge < -0.3 is 5.73 Å². The highest BCUT2D eigenvalue weighted by molar-refractivity contribution is 6.14. The van der Waals surface area contributed by atoms with E-state index in [1.807, 2.05) is 19.9 Å². The van der Waals surface area contributed by atoms with Gasteiger partial charge in [-0.25, -0.2) is 0 Å². The van der Waals surface area contributed by atoms with Crippen molar-refractivity contribution in [3.8, 4) is 0 Å². The lowest BCUT2D eigenvalue weighted by atomic mass is 9.95. The normalized spacial score (nSPS) is 10.3. The fourth-order valence-electron chi connectivity index (χ4n) is 2.11. The number of ketones is 2. The molecule has 0 aliphatic carbocycles. The number of nitrogen functional groups attached to an aromatic ring is 1. The number of carbonyl (C=O) groups is 2. The van der Waals surface area contributed by atoms with Crippen LogP contribution in [0.25, 0.3) is 0 Å². The molecule has 0 fully saturated rings. The van der Waals surface area contributed by atoms with Crippen LogP contribution < -0.4 is 5.73 Å². The average Bonchev–Trinajstić information content (AvgIpc) is 2.45. The van der Waals surface area contributed by atoms with E-state index in [2.05, 4.69) is 0 Å². The van der Waals surface area contributed by atoms with Crippen molar-refractivity contribution in [1.29, 1.82) is 0 Å². The molecule has 3 heteroatoms. The first-order valence-corrected chi connectivity index (χ1v) is 6.48. The van der Waals surface area contributed by atoms with E-state index >= 15 is 0 Å². The predicted molar refractivity (Wildman–Crippen MR) is 80.0 cm³/mol. The number of nitrogens with two attached hydrogens (primary N) is 1. The number of Topliss-reactive ketones (excluding diaryl/α,β-unsaturated/α-hetero) is 2. The van der Waals surface area contributed by atoms with Crippen molar-refractivity contribution in [2.24, 2.45) is 0 Å². The molecule has 0 aliphatic rings. The van der Waals surface area contributed by atoms with Crippen molar-refractivity contribution in [3.63, 3.8) is 0 Å². The molecule has 0 radical (unpaired) electrons. The van der Waals surface area contributed by atoms with Crippen LogP contribution in [0.2, 0.25) is 0 Å². The maximum atomic E-state index is 12.3. The minimum atomic E-state index is -0.167. The Balaban J connectivity index is 2.21. The zero-order valence-electron chi connectivity index (χ0n) is 11.6. The molecule has 0 atom stereocenters. The van der Waals surface area contributed by atoms with Crippen molar-refractivity contribution in [2.45, 2.75) is 20.3 Å². The van der Waals surface area contributed by atoms with E-state index in [4.69, 9.17) is 5.73 Å². The summed E-state index contributed by atoms with van der Waals surface area (Å²) in [4.78, 5) is 24.3. The monoisotopic (exact) mass is 267 g/mol. The highest BCUT2D eigenvalue weighted by Crippen LogP contribution is 2.21. The topological polar surface area (TPSA) is 60.2 Å². The van der Waals surface area contributed by atoms with Gasteiger partial charge in [0.25, 0.3) is 0 Å². The minimum absolute atomic E-state index is 0.117. The smallest absolute Gasteiger partial charge is 0.170 e. The minimum Gasteiger partial charge on any atom is -0.399 e. The number of benzene rings is 2. The molecule has 0 saturated carbocycles. The molecular formula is C17H17NO2. The molecule has 0 heterocycles. The Morgan fingerprint density at radius 1 is 0.900 bits per heavy atom. The number of rotatable bonds is 4. The summed E-state index contributed by atoms with van der Waals surface area (Å²) in [6.45, 7) is 3.73. The zero-order valence-corrected chi connectivity index (χ0v) is 11.6. The SMILES string of the molecule is Cc1c(N)ccc(C(=O)CC(=O)c2ccccc2)c1C. The van der Waals surface area contributed by atoms with E-state index < -0.39 is 0 Å². The Kier molecular flexibility index (Phi) is 3.99. The maximum Gasteiger partial charge on any atom is 0.170 e. The fourth-order valence-corrected chi connectivity index (χ4v) is 2.11. The van der Waals surface area contributed by atoms with Crippen LogP contribution in [-0.2, 0) is 0 Å². The van der Waals surface area contributed by atoms with Crippen LogP contribution in [0.3, 0.4) is 0 Å². The first-order chi connectivity index (χ1) is 9.50. The Bertz CT molecular complexity index is 660. The molecule has 0 amide bonds. The van der Waals surface area contributed by atoms with Crippen LogP contribution in [0.5, 0.6) is 0 Å². The fraction of sp³-hybridized carbons (Fsp3) is 0.176. The number of carbonyl (C=O) groups excluding carboxylic acids is 2. The second kappa shape index (κ2) is 5.70. The van der Waals surface area contributed by atoms with Gasteiger partial charge in [0.1, 0.15) is 0 Å². The van der Waals surface area contributed by atoms with Crippen molar-refractivity contribution < 1.29 is 9.59 Å². The lowest BCUT2D eigenvalue weighted by Crippen LogP contribution is -2.11. The first kappa shape index (κ1) is 14.0.